The lowest BCUT2D eigenvalue weighted by atomic mass is 10.2. The molecule has 9 heteroatoms. The fraction of sp³-hybridized carbons (Fsp3) is 0.222. The molecule has 3 rings (SSSR count). The van der Waals surface area contributed by atoms with Crippen LogP contribution in [0.1, 0.15) is 13.3 Å². The summed E-state index contributed by atoms with van der Waals surface area (Å²) >= 11 is 5.87. The van der Waals surface area contributed by atoms with Gasteiger partial charge in [0.2, 0.25) is 5.91 Å². The number of rotatable bonds is 5. The van der Waals surface area contributed by atoms with Crippen molar-refractivity contribution in [2.45, 2.75) is 23.5 Å². The smallest absolute Gasteiger partial charge is 0.262 e. The fourth-order valence-corrected chi connectivity index (χ4v) is 4.19. The molecule has 2 aromatic rings. The molecular formula is C18H17ClN2O5S. The Morgan fingerprint density at radius 1 is 1.30 bits per heavy atom. The van der Waals surface area contributed by atoms with Gasteiger partial charge < -0.3 is 15.4 Å². The first-order chi connectivity index (χ1) is 12.8. The van der Waals surface area contributed by atoms with Crippen LogP contribution < -0.4 is 15.4 Å². The molecule has 27 heavy (non-hydrogen) atoms. The number of anilines is 2. The number of halogens is 1. The van der Waals surface area contributed by atoms with Crippen molar-refractivity contribution in [3.63, 3.8) is 0 Å². The van der Waals surface area contributed by atoms with Crippen molar-refractivity contribution in [3.05, 3.63) is 47.5 Å². The normalized spacial score (nSPS) is 14.5. The average molecular weight is 409 g/mol. The molecule has 2 aromatic carbocycles. The van der Waals surface area contributed by atoms with E-state index in [0.717, 1.165) is 0 Å². The van der Waals surface area contributed by atoms with E-state index in [0.29, 0.717) is 22.1 Å². The molecule has 1 atom stereocenters. The van der Waals surface area contributed by atoms with Crippen LogP contribution in [0.3, 0.4) is 0 Å². The Balaban J connectivity index is 1.73. The maximum Gasteiger partial charge on any atom is 0.262 e. The van der Waals surface area contributed by atoms with Gasteiger partial charge in [0.15, 0.2) is 16.4 Å². The van der Waals surface area contributed by atoms with Gasteiger partial charge in [-0.05, 0) is 43.3 Å². The molecule has 0 radical (unpaired) electrons. The van der Waals surface area contributed by atoms with Crippen LogP contribution in [0.2, 0.25) is 5.02 Å². The highest BCUT2D eigenvalue weighted by Gasteiger charge is 2.27. The molecule has 0 fully saturated rings. The van der Waals surface area contributed by atoms with E-state index in [1.165, 1.54) is 25.1 Å². The summed E-state index contributed by atoms with van der Waals surface area (Å²) in [5.74, 6) is -0.395. The number of sulfone groups is 1. The fourth-order valence-electron chi connectivity index (χ4n) is 2.62. The Hall–Kier alpha value is -2.58. The molecule has 0 saturated carbocycles. The molecule has 1 aliphatic heterocycles. The lowest BCUT2D eigenvalue weighted by Crippen LogP contribution is -2.27. The van der Waals surface area contributed by atoms with Crippen molar-refractivity contribution in [1.29, 1.82) is 0 Å². The zero-order valence-corrected chi connectivity index (χ0v) is 15.9. The predicted octanol–water partition coefficient (Wildman–Crippen LogP) is 2.86. The van der Waals surface area contributed by atoms with Gasteiger partial charge in [0.05, 0.1) is 15.8 Å². The van der Waals surface area contributed by atoms with E-state index in [2.05, 4.69) is 10.6 Å². The number of benzene rings is 2. The number of carbonyl (C=O) groups excluding carboxylic acids is 2. The van der Waals surface area contributed by atoms with Crippen LogP contribution in [0.4, 0.5) is 11.4 Å². The van der Waals surface area contributed by atoms with Gasteiger partial charge in [0.1, 0.15) is 5.75 Å². The first kappa shape index (κ1) is 19.2. The Bertz CT molecular complexity index is 1010. The molecule has 7 nitrogen and oxygen atoms in total. The summed E-state index contributed by atoms with van der Waals surface area (Å²) < 4.78 is 30.8. The molecule has 142 valence electrons. The third-order valence-corrected chi connectivity index (χ3v) is 6.40. The lowest BCUT2D eigenvalue weighted by Gasteiger charge is -2.19. The Morgan fingerprint density at radius 3 is 2.81 bits per heavy atom. The van der Waals surface area contributed by atoms with E-state index in [4.69, 9.17) is 16.3 Å². The van der Waals surface area contributed by atoms with Gasteiger partial charge >= 0.3 is 0 Å². The quantitative estimate of drug-likeness (QED) is 0.792. The summed E-state index contributed by atoms with van der Waals surface area (Å²) in [6.45, 7) is 1.35. The molecule has 0 unspecified atom stereocenters. The second kappa shape index (κ2) is 7.58. The van der Waals surface area contributed by atoms with Crippen LogP contribution >= 0.6 is 11.6 Å². The maximum atomic E-state index is 12.8. The summed E-state index contributed by atoms with van der Waals surface area (Å²) in [4.78, 5) is 23.6. The van der Waals surface area contributed by atoms with Crippen molar-refractivity contribution in [2.75, 3.05) is 17.2 Å². The van der Waals surface area contributed by atoms with Crippen LogP contribution in [-0.4, -0.2) is 32.1 Å². The molecule has 0 saturated heterocycles. The van der Waals surface area contributed by atoms with E-state index in [1.807, 2.05) is 0 Å². The summed E-state index contributed by atoms with van der Waals surface area (Å²) in [6, 6.07) is 10.8. The van der Waals surface area contributed by atoms with Gasteiger partial charge in [-0.25, -0.2) is 8.42 Å². The van der Waals surface area contributed by atoms with Crippen LogP contribution in [0.5, 0.6) is 5.75 Å². The minimum atomic E-state index is -3.78. The highest BCUT2D eigenvalue weighted by molar-refractivity contribution is 7.92. The van der Waals surface area contributed by atoms with E-state index in [9.17, 15) is 18.0 Å². The van der Waals surface area contributed by atoms with Crippen molar-refractivity contribution in [2.24, 2.45) is 0 Å². The zero-order chi connectivity index (χ0) is 19.6. The number of ether oxygens (including phenoxy) is 1. The zero-order valence-electron chi connectivity index (χ0n) is 14.4. The van der Waals surface area contributed by atoms with Gasteiger partial charge in [-0.1, -0.05) is 17.7 Å². The third-order valence-electron chi connectivity index (χ3n) is 4.02. The topological polar surface area (TPSA) is 102 Å². The number of hydrogen-bond donors (Lipinski definition) is 2. The number of carbonyl (C=O) groups is 2. The first-order valence-electron chi connectivity index (χ1n) is 8.12. The molecule has 1 heterocycles. The van der Waals surface area contributed by atoms with Crippen molar-refractivity contribution in [1.82, 2.24) is 0 Å². The second-order valence-electron chi connectivity index (χ2n) is 6.11. The molecule has 0 aromatic heterocycles. The van der Waals surface area contributed by atoms with Gasteiger partial charge in [-0.15, -0.1) is 0 Å². The van der Waals surface area contributed by atoms with Gasteiger partial charge in [0, 0.05) is 17.1 Å². The highest BCUT2D eigenvalue weighted by Crippen LogP contribution is 2.31. The monoisotopic (exact) mass is 408 g/mol. The Morgan fingerprint density at radius 2 is 2.07 bits per heavy atom. The maximum absolute atomic E-state index is 12.8. The van der Waals surface area contributed by atoms with Crippen LogP contribution in [0.25, 0.3) is 0 Å². The highest BCUT2D eigenvalue weighted by atomic mass is 35.5. The molecule has 1 aliphatic rings. The van der Waals surface area contributed by atoms with Gasteiger partial charge in [-0.3, -0.25) is 9.59 Å². The summed E-state index contributed by atoms with van der Waals surface area (Å²) in [5.41, 5.74) is 0.786. The van der Waals surface area contributed by atoms with Crippen LogP contribution in [0, 0.1) is 0 Å². The van der Waals surface area contributed by atoms with Crippen molar-refractivity contribution < 1.29 is 22.7 Å². The summed E-state index contributed by atoms with van der Waals surface area (Å²) in [5, 5.41) is 4.70. The van der Waals surface area contributed by atoms with E-state index < -0.39 is 21.0 Å². The standard InChI is InChI=1S/C18H17ClN2O5S/c1-11(7-17(22)20-13-4-2-3-12(19)8-13)27(24,25)14-5-6-16-15(9-14)21-18(23)10-26-16/h2-6,8-9,11H,7,10H2,1H3,(H,20,22)(H,21,23)/t11-/m1/s1. The molecule has 2 amide bonds. The largest absolute Gasteiger partial charge is 0.482 e. The molecule has 0 spiro atoms. The summed E-state index contributed by atoms with van der Waals surface area (Å²) in [7, 11) is -3.78. The first-order valence-corrected chi connectivity index (χ1v) is 10.0. The van der Waals surface area contributed by atoms with Crippen LogP contribution in [0.15, 0.2) is 47.4 Å². The van der Waals surface area contributed by atoms with Crippen LogP contribution in [-0.2, 0) is 19.4 Å². The molecule has 0 aliphatic carbocycles. The minimum Gasteiger partial charge on any atom is -0.482 e. The Labute approximate surface area is 161 Å². The number of nitrogens with one attached hydrogen (secondary N) is 2. The average Bonchev–Trinajstić information content (AvgIpc) is 2.60. The summed E-state index contributed by atoms with van der Waals surface area (Å²) in [6.07, 6.45) is -0.227. The van der Waals surface area contributed by atoms with E-state index >= 15 is 0 Å². The minimum absolute atomic E-state index is 0.00936. The van der Waals surface area contributed by atoms with Gasteiger partial charge in [-0.2, -0.15) is 0 Å². The number of hydrogen-bond acceptors (Lipinski definition) is 5. The number of fused-ring (bicyclic) bond motifs is 1. The van der Waals surface area contributed by atoms with Crippen molar-refractivity contribution >= 4 is 44.6 Å². The molecular weight excluding hydrogens is 392 g/mol. The Kier molecular flexibility index (Phi) is 5.38. The van der Waals surface area contributed by atoms with E-state index in [1.54, 1.807) is 24.3 Å². The second-order valence-corrected chi connectivity index (χ2v) is 8.92. The van der Waals surface area contributed by atoms with E-state index in [-0.39, 0.29) is 23.8 Å². The van der Waals surface area contributed by atoms with Gasteiger partial charge in [0.25, 0.3) is 5.91 Å². The SMILES string of the molecule is C[C@H](CC(=O)Nc1cccc(Cl)c1)S(=O)(=O)c1ccc2c(c1)NC(=O)CO2. The third kappa shape index (κ3) is 4.40. The predicted molar refractivity (Wildman–Crippen MR) is 102 cm³/mol. The molecule has 2 N–H and O–H groups in total. The molecule has 0 bridgehead atoms. The number of amides is 2. The lowest BCUT2D eigenvalue weighted by molar-refractivity contribution is -0.118. The van der Waals surface area contributed by atoms with Crippen molar-refractivity contribution in [3.8, 4) is 5.75 Å².